The average Bonchev–Trinajstić information content (AvgIpc) is 2.62. The van der Waals surface area contributed by atoms with Crippen molar-refractivity contribution in [3.8, 4) is 28.3 Å². The topological polar surface area (TPSA) is 36.5 Å². The van der Waals surface area contributed by atoms with Gasteiger partial charge in [-0.05, 0) is 17.2 Å². The van der Waals surface area contributed by atoms with Crippen LogP contribution in [-0.2, 0) is 0 Å². The lowest BCUT2D eigenvalue weighted by Gasteiger charge is -2.07. The molecule has 0 atom stereocenters. The van der Waals surface area contributed by atoms with E-state index < -0.39 is 0 Å². The maximum absolute atomic E-state index is 5.35. The Morgan fingerprint density at radius 1 is 0.773 bits per heavy atom. The third-order valence-corrected chi connectivity index (χ3v) is 3.55. The highest BCUT2D eigenvalue weighted by atomic mass is 16.5. The highest BCUT2D eigenvalue weighted by Gasteiger charge is 2.11. The lowest BCUT2D eigenvalue weighted by atomic mass is 10.1. The fourth-order valence-electron chi connectivity index (χ4n) is 2.36. The molecule has 3 rings (SSSR count). The zero-order valence-corrected chi connectivity index (χ0v) is 12.6. The summed E-state index contributed by atoms with van der Waals surface area (Å²) >= 11 is 0. The van der Waals surface area contributed by atoms with E-state index >= 15 is 0 Å². The van der Waals surface area contributed by atoms with Crippen molar-refractivity contribution < 1.29 is 19.0 Å². The minimum Gasteiger partial charge on any atom is -0.493 e. The molecule has 1 aromatic carbocycles. The molecule has 4 nitrogen and oxygen atoms in total. The van der Waals surface area contributed by atoms with Gasteiger partial charge < -0.3 is 9.47 Å². The van der Waals surface area contributed by atoms with E-state index in [1.54, 1.807) is 14.2 Å². The zero-order chi connectivity index (χ0) is 15.4. The minimum atomic E-state index is 0.718. The van der Waals surface area contributed by atoms with Crippen LogP contribution in [0.2, 0.25) is 0 Å². The Balaban J connectivity index is 1.93. The lowest BCUT2D eigenvalue weighted by molar-refractivity contribution is -0.595. The first-order valence-electron chi connectivity index (χ1n) is 7.02. The molecule has 0 fully saturated rings. The molecular weight excluding hydrogens is 276 g/mol. The number of nitrogens with zero attached hydrogens (tertiary/aromatic N) is 1. The van der Waals surface area contributed by atoms with E-state index in [1.807, 2.05) is 47.6 Å². The van der Waals surface area contributed by atoms with Gasteiger partial charge in [-0.3, -0.25) is 0 Å². The summed E-state index contributed by atoms with van der Waals surface area (Å²) in [5.74, 6) is 1.44. The molecule has 1 N–H and O–H groups in total. The fraction of sp³-hybridized carbons (Fsp3) is 0.111. The Morgan fingerprint density at radius 3 is 2.05 bits per heavy atom. The van der Waals surface area contributed by atoms with Crippen LogP contribution in [0.1, 0.15) is 0 Å². The summed E-state index contributed by atoms with van der Waals surface area (Å²) in [4.78, 5) is 3.03. The van der Waals surface area contributed by atoms with Crippen LogP contribution >= 0.6 is 0 Å². The summed E-state index contributed by atoms with van der Waals surface area (Å²) in [6, 6.07) is 14.1. The van der Waals surface area contributed by atoms with Gasteiger partial charge in [0, 0.05) is 30.3 Å². The number of aromatic amines is 1. The highest BCUT2D eigenvalue weighted by Crippen LogP contribution is 2.27. The molecule has 0 saturated carbocycles. The van der Waals surface area contributed by atoms with Crippen LogP contribution in [-0.4, -0.2) is 14.2 Å². The molecule has 0 saturated heterocycles. The van der Waals surface area contributed by atoms with E-state index in [9.17, 15) is 0 Å². The first-order chi connectivity index (χ1) is 10.8. The molecule has 0 spiro atoms. The van der Waals surface area contributed by atoms with Crippen molar-refractivity contribution in [2.45, 2.75) is 0 Å². The number of hydrogen-bond donors (Lipinski definition) is 0. The number of aromatic nitrogens is 2. The molecule has 0 unspecified atom stereocenters. The zero-order valence-electron chi connectivity index (χ0n) is 12.6. The first-order valence-corrected chi connectivity index (χ1v) is 7.02. The van der Waals surface area contributed by atoms with Crippen LogP contribution in [0.25, 0.3) is 16.8 Å². The molecule has 0 aliphatic heterocycles. The van der Waals surface area contributed by atoms with Gasteiger partial charge in [-0.1, -0.05) is 0 Å². The number of hydrogen-bond acceptors (Lipinski definition) is 2. The molecule has 0 amide bonds. The predicted octanol–water partition coefficient (Wildman–Crippen LogP) is 2.46. The predicted molar refractivity (Wildman–Crippen MR) is 83.1 cm³/mol. The van der Waals surface area contributed by atoms with Crippen molar-refractivity contribution in [2.24, 2.45) is 0 Å². The second kappa shape index (κ2) is 6.26. The molecule has 3 aromatic rings. The minimum absolute atomic E-state index is 0.718. The van der Waals surface area contributed by atoms with Crippen molar-refractivity contribution >= 4 is 0 Å². The Morgan fingerprint density at radius 2 is 1.41 bits per heavy atom. The number of nitrogens with one attached hydrogen (secondary N) is 1. The molecule has 0 aliphatic carbocycles. The van der Waals surface area contributed by atoms with E-state index in [0.717, 1.165) is 17.2 Å². The van der Waals surface area contributed by atoms with Crippen molar-refractivity contribution in [3.63, 3.8) is 0 Å². The first kappa shape index (κ1) is 14.1. The van der Waals surface area contributed by atoms with Crippen molar-refractivity contribution in [2.75, 3.05) is 14.2 Å². The molecule has 0 radical (unpaired) electrons. The van der Waals surface area contributed by atoms with Crippen LogP contribution in [0, 0.1) is 0 Å². The molecule has 110 valence electrons. The van der Waals surface area contributed by atoms with E-state index in [1.165, 1.54) is 11.1 Å². The van der Waals surface area contributed by atoms with Crippen LogP contribution < -0.4 is 19.0 Å². The summed E-state index contributed by atoms with van der Waals surface area (Å²) in [7, 11) is 3.28. The van der Waals surface area contributed by atoms with Gasteiger partial charge in [-0.2, -0.15) is 4.57 Å². The molecule has 0 aliphatic rings. The summed E-state index contributed by atoms with van der Waals surface area (Å²) in [6.07, 6.45) is 7.91. The standard InChI is InChI=1S/C18H17N2O2/c1-21-17-4-3-16(13-18(17)22-2)20-11-7-15(8-12-20)14-5-9-19-10-6-14/h3-13H,1-2H3/q+1/p+1. The molecule has 22 heavy (non-hydrogen) atoms. The largest absolute Gasteiger partial charge is 0.493 e. The summed E-state index contributed by atoms with van der Waals surface area (Å²) in [5.41, 5.74) is 3.37. The van der Waals surface area contributed by atoms with Gasteiger partial charge in [0.15, 0.2) is 36.3 Å². The van der Waals surface area contributed by atoms with Crippen molar-refractivity contribution in [1.29, 1.82) is 0 Å². The molecular formula is C18H18N2O2+2. The number of rotatable bonds is 4. The molecule has 0 bridgehead atoms. The number of H-pyrrole nitrogens is 1. The Hall–Kier alpha value is -2.88. The van der Waals surface area contributed by atoms with Gasteiger partial charge in [-0.15, -0.1) is 0 Å². The van der Waals surface area contributed by atoms with Crippen LogP contribution in [0.4, 0.5) is 0 Å². The molecule has 4 heteroatoms. The van der Waals surface area contributed by atoms with Gasteiger partial charge >= 0.3 is 0 Å². The quantitative estimate of drug-likeness (QED) is 0.693. The second-order valence-corrected chi connectivity index (χ2v) is 4.82. The SMILES string of the molecule is COc1ccc(-[n+]2ccc(-c3cc[nH+]cc3)cc2)cc1OC. The van der Waals surface area contributed by atoms with Crippen LogP contribution in [0.5, 0.6) is 11.5 Å². The van der Waals surface area contributed by atoms with E-state index in [2.05, 4.69) is 29.2 Å². The number of pyridine rings is 2. The lowest BCUT2D eigenvalue weighted by Crippen LogP contribution is -2.29. The van der Waals surface area contributed by atoms with E-state index in [-0.39, 0.29) is 0 Å². The fourth-order valence-corrected chi connectivity index (χ4v) is 2.36. The summed E-state index contributed by atoms with van der Waals surface area (Å²) in [5, 5.41) is 0. The van der Waals surface area contributed by atoms with Crippen molar-refractivity contribution in [1.82, 2.24) is 0 Å². The van der Waals surface area contributed by atoms with E-state index in [4.69, 9.17) is 9.47 Å². The van der Waals surface area contributed by atoms with E-state index in [0.29, 0.717) is 0 Å². The number of ether oxygens (including phenoxy) is 2. The molecule has 2 heterocycles. The third kappa shape index (κ3) is 2.76. The maximum atomic E-state index is 5.35. The Kier molecular flexibility index (Phi) is 4.01. The van der Waals surface area contributed by atoms with Gasteiger partial charge in [0.25, 0.3) is 0 Å². The van der Waals surface area contributed by atoms with Gasteiger partial charge in [0.1, 0.15) is 0 Å². The molecule has 2 aromatic heterocycles. The van der Waals surface area contributed by atoms with Gasteiger partial charge in [-0.25, -0.2) is 4.98 Å². The highest BCUT2D eigenvalue weighted by molar-refractivity contribution is 5.61. The smallest absolute Gasteiger partial charge is 0.214 e. The number of benzene rings is 1. The summed E-state index contributed by atoms with van der Waals surface area (Å²) in [6.45, 7) is 0. The second-order valence-electron chi connectivity index (χ2n) is 4.82. The normalized spacial score (nSPS) is 10.3. The van der Waals surface area contributed by atoms with Gasteiger partial charge in [0.2, 0.25) is 5.69 Å². The van der Waals surface area contributed by atoms with Crippen LogP contribution in [0.15, 0.2) is 67.3 Å². The average molecular weight is 294 g/mol. The number of methoxy groups -OCH3 is 2. The Bertz CT molecular complexity index is 756. The Labute approximate surface area is 129 Å². The maximum Gasteiger partial charge on any atom is 0.214 e. The van der Waals surface area contributed by atoms with Crippen molar-refractivity contribution in [3.05, 3.63) is 67.3 Å². The van der Waals surface area contributed by atoms with Gasteiger partial charge in [0.05, 0.1) is 20.3 Å². The monoisotopic (exact) mass is 294 g/mol. The summed E-state index contributed by atoms with van der Waals surface area (Å²) < 4.78 is 12.7. The van der Waals surface area contributed by atoms with Crippen LogP contribution in [0.3, 0.4) is 0 Å². The third-order valence-electron chi connectivity index (χ3n) is 3.55.